The van der Waals surface area contributed by atoms with E-state index in [1.165, 1.54) is 0 Å². The first-order valence-electron chi connectivity index (χ1n) is 2.55. The summed E-state index contributed by atoms with van der Waals surface area (Å²) >= 11 is 0. The molecule has 0 heterocycles. The van der Waals surface area contributed by atoms with Gasteiger partial charge in [0.05, 0.1) is 0 Å². The Morgan fingerprint density at radius 3 is 1.29 bits per heavy atom. The van der Waals surface area contributed by atoms with Crippen LogP contribution in [-0.2, 0) is 0 Å². The third-order valence-corrected chi connectivity index (χ3v) is 0. The van der Waals surface area contributed by atoms with Crippen molar-refractivity contribution >= 4 is 0 Å². The molecule has 0 saturated heterocycles. The maximum absolute atomic E-state index is 3.49. The first-order chi connectivity index (χ1) is 3.15. The predicted octanol–water partition coefficient (Wildman–Crippen LogP) is 1.41. The lowest BCUT2D eigenvalue weighted by molar-refractivity contribution is 0.505. The van der Waals surface area contributed by atoms with Crippen molar-refractivity contribution in [1.82, 2.24) is 4.90 Å². The molecule has 0 unspecified atom stereocenters. The third-order valence-electron chi connectivity index (χ3n) is 0. The molecule has 0 atom stereocenters. The molecule has 0 spiro atoms. The average Bonchev–Trinajstić information content (AvgIpc) is 1.33. The van der Waals surface area contributed by atoms with Crippen molar-refractivity contribution in [1.29, 1.82) is 0 Å². The molecular weight excluding hydrogens is 86.1 g/mol. The Morgan fingerprint density at radius 1 is 1.29 bits per heavy atom. The molecule has 45 valence electrons. The zero-order valence-corrected chi connectivity index (χ0v) is 5.86. The van der Waals surface area contributed by atoms with Crippen LogP contribution in [0.5, 0.6) is 0 Å². The van der Waals surface area contributed by atoms with E-state index in [0.717, 1.165) is 6.42 Å². The summed E-state index contributed by atoms with van der Waals surface area (Å²) in [4.78, 5) is 2.00. The highest BCUT2D eigenvalue weighted by molar-refractivity contribution is 4.18. The molecule has 0 aromatic carbocycles. The Bertz CT molecular complexity index is 15.4. The van der Waals surface area contributed by atoms with Gasteiger partial charge in [-0.1, -0.05) is 20.3 Å². The summed E-state index contributed by atoms with van der Waals surface area (Å²) in [5.74, 6) is 0. The Morgan fingerprint density at radius 2 is 1.29 bits per heavy atom. The first-order valence-corrected chi connectivity index (χ1v) is 2.55. The summed E-state index contributed by atoms with van der Waals surface area (Å²) in [7, 11) is 6.00. The van der Waals surface area contributed by atoms with Crippen molar-refractivity contribution in [2.75, 3.05) is 21.1 Å². The summed E-state index contributed by atoms with van der Waals surface area (Å²) in [6.07, 6.45) is 1.00. The molecule has 0 aromatic rings. The standard InChI is InChI=1S/C3H9N.C3H7/c1-4(2)3;1-3-2/h1-3H3;1,3H2,2H3. The molecule has 0 aliphatic rings. The van der Waals surface area contributed by atoms with Crippen LogP contribution in [-0.4, -0.2) is 26.0 Å². The van der Waals surface area contributed by atoms with Gasteiger partial charge in [0.1, 0.15) is 0 Å². The zero-order chi connectivity index (χ0) is 6.28. The van der Waals surface area contributed by atoms with E-state index in [-0.39, 0.29) is 0 Å². The smallest absolute Gasteiger partial charge is 0.0140 e. The second-order valence-corrected chi connectivity index (χ2v) is 1.84. The Balaban J connectivity index is 0. The molecule has 0 aromatic heterocycles. The topological polar surface area (TPSA) is 3.24 Å². The van der Waals surface area contributed by atoms with Gasteiger partial charge in [-0.2, -0.15) is 0 Å². The normalized spacial score (nSPS) is 7.71. The van der Waals surface area contributed by atoms with Crippen LogP contribution in [0.15, 0.2) is 0 Å². The van der Waals surface area contributed by atoms with Crippen LogP contribution in [0.3, 0.4) is 0 Å². The van der Waals surface area contributed by atoms with Gasteiger partial charge in [-0.15, -0.1) is 0 Å². The van der Waals surface area contributed by atoms with E-state index in [1.807, 2.05) is 33.0 Å². The summed E-state index contributed by atoms with van der Waals surface area (Å²) in [5, 5.41) is 0. The Hall–Kier alpha value is -0.0400. The predicted molar refractivity (Wildman–Crippen MR) is 35.3 cm³/mol. The summed E-state index contributed by atoms with van der Waals surface area (Å²) in [6, 6.07) is 0. The molecule has 1 nitrogen and oxygen atoms in total. The van der Waals surface area contributed by atoms with E-state index < -0.39 is 0 Å². The van der Waals surface area contributed by atoms with Crippen molar-refractivity contribution in [3.63, 3.8) is 0 Å². The molecule has 0 saturated carbocycles. The van der Waals surface area contributed by atoms with Crippen LogP contribution in [0, 0.1) is 6.92 Å². The van der Waals surface area contributed by atoms with Gasteiger partial charge in [-0.25, -0.2) is 0 Å². The molecule has 0 aliphatic carbocycles. The summed E-state index contributed by atoms with van der Waals surface area (Å²) < 4.78 is 0. The SMILES string of the molecule is CN(C)C.[CH2]CC. The highest BCUT2D eigenvalue weighted by Crippen LogP contribution is 1.54. The van der Waals surface area contributed by atoms with Gasteiger partial charge in [-0.3, -0.25) is 0 Å². The molecule has 7 heavy (non-hydrogen) atoms. The minimum absolute atomic E-state index is 1.00. The van der Waals surface area contributed by atoms with Crippen LogP contribution in [0.4, 0.5) is 0 Å². The monoisotopic (exact) mass is 102 g/mol. The van der Waals surface area contributed by atoms with Crippen molar-refractivity contribution in [3.05, 3.63) is 6.92 Å². The van der Waals surface area contributed by atoms with Gasteiger partial charge in [0.15, 0.2) is 0 Å². The minimum atomic E-state index is 1.00. The van der Waals surface area contributed by atoms with Gasteiger partial charge >= 0.3 is 0 Å². The van der Waals surface area contributed by atoms with Crippen molar-refractivity contribution in [3.8, 4) is 0 Å². The maximum atomic E-state index is 3.49. The quantitative estimate of drug-likeness (QED) is 0.447. The van der Waals surface area contributed by atoms with Crippen molar-refractivity contribution in [2.45, 2.75) is 13.3 Å². The molecule has 0 amide bonds. The lowest BCUT2D eigenvalue weighted by atomic mass is 10.6. The number of hydrogen-bond acceptors (Lipinski definition) is 1. The van der Waals surface area contributed by atoms with Crippen molar-refractivity contribution < 1.29 is 0 Å². The molecule has 1 radical (unpaired) electrons. The van der Waals surface area contributed by atoms with Crippen LogP contribution >= 0.6 is 0 Å². The van der Waals surface area contributed by atoms with Crippen LogP contribution in [0.25, 0.3) is 0 Å². The summed E-state index contributed by atoms with van der Waals surface area (Å²) in [6.45, 7) is 5.50. The minimum Gasteiger partial charge on any atom is -0.312 e. The molecular formula is C6H16N. The number of hydrogen-bond donors (Lipinski definition) is 0. The fraction of sp³-hybridized carbons (Fsp3) is 0.833. The molecule has 0 fully saturated rings. The van der Waals surface area contributed by atoms with E-state index in [9.17, 15) is 0 Å². The molecule has 0 aliphatic heterocycles. The van der Waals surface area contributed by atoms with E-state index in [0.29, 0.717) is 0 Å². The van der Waals surface area contributed by atoms with Crippen LogP contribution in [0.1, 0.15) is 13.3 Å². The second-order valence-electron chi connectivity index (χ2n) is 1.84. The van der Waals surface area contributed by atoms with Gasteiger partial charge in [0.25, 0.3) is 0 Å². The second kappa shape index (κ2) is 9.35. The molecule has 0 rings (SSSR count). The van der Waals surface area contributed by atoms with E-state index >= 15 is 0 Å². The molecule has 1 heteroatoms. The van der Waals surface area contributed by atoms with Gasteiger partial charge in [0.2, 0.25) is 0 Å². The fourth-order valence-corrected chi connectivity index (χ4v) is 0. The van der Waals surface area contributed by atoms with Crippen LogP contribution < -0.4 is 0 Å². The third kappa shape index (κ3) is 58400. The van der Waals surface area contributed by atoms with Gasteiger partial charge in [0, 0.05) is 0 Å². The van der Waals surface area contributed by atoms with Gasteiger partial charge in [-0.05, 0) is 21.1 Å². The Labute approximate surface area is 47.3 Å². The highest BCUT2D eigenvalue weighted by Gasteiger charge is 1.58. The maximum Gasteiger partial charge on any atom is -0.0140 e. The first kappa shape index (κ1) is 10.0. The zero-order valence-electron chi connectivity index (χ0n) is 5.86. The van der Waals surface area contributed by atoms with Crippen LogP contribution in [0.2, 0.25) is 0 Å². The van der Waals surface area contributed by atoms with E-state index in [4.69, 9.17) is 0 Å². The van der Waals surface area contributed by atoms with Gasteiger partial charge < -0.3 is 4.90 Å². The fourth-order valence-electron chi connectivity index (χ4n) is 0. The van der Waals surface area contributed by atoms with Crippen molar-refractivity contribution in [2.24, 2.45) is 0 Å². The van der Waals surface area contributed by atoms with E-state index in [1.54, 1.807) is 0 Å². The highest BCUT2D eigenvalue weighted by atomic mass is 15.0. The largest absolute Gasteiger partial charge is 0.312 e. The average molecular weight is 102 g/mol. The lowest BCUT2D eigenvalue weighted by Gasteiger charge is -1.90. The summed E-state index contributed by atoms with van der Waals surface area (Å²) in [5.41, 5.74) is 0. The molecule has 0 bridgehead atoms. The number of nitrogens with zero attached hydrogens (tertiary/aromatic N) is 1. The molecule has 0 N–H and O–H groups in total. The number of rotatable bonds is 0. The van der Waals surface area contributed by atoms with E-state index in [2.05, 4.69) is 6.92 Å². The lowest BCUT2D eigenvalue weighted by Crippen LogP contribution is -1.99. The Kier molecular flexibility index (Phi) is 13.4.